The summed E-state index contributed by atoms with van der Waals surface area (Å²) < 4.78 is 5.92. The van der Waals surface area contributed by atoms with E-state index in [4.69, 9.17) is 10.5 Å². The van der Waals surface area contributed by atoms with E-state index in [1.165, 1.54) is 5.75 Å². The zero-order chi connectivity index (χ0) is 12.2. The molecule has 1 rings (SSSR count). The van der Waals surface area contributed by atoms with E-state index in [1.54, 1.807) is 0 Å². The van der Waals surface area contributed by atoms with Crippen molar-refractivity contribution >= 4 is 11.8 Å². The molecule has 1 fully saturated rings. The first-order chi connectivity index (χ1) is 7.43. The highest BCUT2D eigenvalue weighted by molar-refractivity contribution is 8.00. The van der Waals surface area contributed by atoms with Crippen LogP contribution in [0.2, 0.25) is 0 Å². The first-order valence-corrected chi connectivity index (χ1v) is 7.09. The third kappa shape index (κ3) is 3.62. The maximum Gasteiger partial charge on any atom is 0.0659 e. The van der Waals surface area contributed by atoms with Crippen LogP contribution in [0.4, 0.5) is 0 Å². The Hall–Kier alpha value is 0.230. The van der Waals surface area contributed by atoms with Gasteiger partial charge in [-0.15, -0.1) is 0 Å². The highest BCUT2D eigenvalue weighted by Gasteiger charge is 2.37. The van der Waals surface area contributed by atoms with Gasteiger partial charge in [0, 0.05) is 36.7 Å². The molecule has 1 aliphatic heterocycles. The molecule has 1 atom stereocenters. The van der Waals surface area contributed by atoms with E-state index in [2.05, 4.69) is 37.4 Å². The number of thioether (sulfide) groups is 1. The summed E-state index contributed by atoms with van der Waals surface area (Å²) in [5.41, 5.74) is 5.93. The van der Waals surface area contributed by atoms with Gasteiger partial charge in [0.05, 0.1) is 12.1 Å². The largest absolute Gasteiger partial charge is 0.380 e. The third-order valence-electron chi connectivity index (χ3n) is 3.25. The Bertz CT molecular complexity index is 223. The molecule has 96 valence electrons. The molecule has 3 nitrogen and oxygen atoms in total. The Morgan fingerprint density at radius 1 is 1.50 bits per heavy atom. The molecule has 1 unspecified atom stereocenters. The van der Waals surface area contributed by atoms with Gasteiger partial charge in [-0.05, 0) is 27.7 Å². The molecular weight excluding hydrogens is 220 g/mol. The number of ether oxygens (including phenoxy) is 1. The van der Waals surface area contributed by atoms with Crippen LogP contribution in [0.1, 0.15) is 27.7 Å². The Balaban J connectivity index is 2.64. The minimum atomic E-state index is -0.00569. The predicted octanol–water partition coefficient (Wildman–Crippen LogP) is 1.57. The van der Waals surface area contributed by atoms with E-state index in [-0.39, 0.29) is 5.54 Å². The Morgan fingerprint density at radius 3 is 2.69 bits per heavy atom. The monoisotopic (exact) mass is 246 g/mol. The van der Waals surface area contributed by atoms with Crippen molar-refractivity contribution in [1.82, 2.24) is 4.90 Å². The van der Waals surface area contributed by atoms with Crippen molar-refractivity contribution in [2.45, 2.75) is 38.0 Å². The van der Waals surface area contributed by atoms with Crippen LogP contribution in [0.5, 0.6) is 0 Å². The number of rotatable bonds is 5. The van der Waals surface area contributed by atoms with Crippen LogP contribution in [0.3, 0.4) is 0 Å². The third-order valence-corrected chi connectivity index (χ3v) is 4.54. The molecule has 0 aromatic carbocycles. The van der Waals surface area contributed by atoms with Gasteiger partial charge in [-0.2, -0.15) is 11.8 Å². The molecule has 4 heteroatoms. The van der Waals surface area contributed by atoms with Gasteiger partial charge >= 0.3 is 0 Å². The topological polar surface area (TPSA) is 38.5 Å². The maximum absolute atomic E-state index is 5.94. The minimum Gasteiger partial charge on any atom is -0.380 e. The molecule has 16 heavy (non-hydrogen) atoms. The molecule has 0 radical (unpaired) electrons. The van der Waals surface area contributed by atoms with E-state index < -0.39 is 0 Å². The molecule has 0 aliphatic carbocycles. The number of nitrogens with two attached hydrogens (primary N) is 1. The number of hydrogen-bond donors (Lipinski definition) is 1. The van der Waals surface area contributed by atoms with Gasteiger partial charge in [-0.25, -0.2) is 0 Å². The Morgan fingerprint density at radius 2 is 2.19 bits per heavy atom. The van der Waals surface area contributed by atoms with E-state index >= 15 is 0 Å². The molecule has 0 aromatic heterocycles. The van der Waals surface area contributed by atoms with Gasteiger partial charge in [-0.1, -0.05) is 0 Å². The van der Waals surface area contributed by atoms with Crippen LogP contribution >= 0.6 is 11.8 Å². The van der Waals surface area contributed by atoms with Crippen LogP contribution in [-0.4, -0.2) is 53.8 Å². The lowest BCUT2D eigenvalue weighted by atomic mass is 9.99. The van der Waals surface area contributed by atoms with Gasteiger partial charge in [0.25, 0.3) is 0 Å². The van der Waals surface area contributed by atoms with Crippen molar-refractivity contribution < 1.29 is 4.74 Å². The lowest BCUT2D eigenvalue weighted by molar-refractivity contribution is 0.00804. The molecule has 0 saturated carbocycles. The zero-order valence-corrected chi connectivity index (χ0v) is 11.9. The van der Waals surface area contributed by atoms with Crippen molar-refractivity contribution in [2.24, 2.45) is 5.73 Å². The summed E-state index contributed by atoms with van der Waals surface area (Å²) in [7, 11) is 0. The fourth-order valence-corrected chi connectivity index (χ4v) is 3.19. The summed E-state index contributed by atoms with van der Waals surface area (Å²) in [5, 5.41) is 0. The van der Waals surface area contributed by atoms with Gasteiger partial charge < -0.3 is 10.5 Å². The van der Waals surface area contributed by atoms with Crippen LogP contribution in [0.15, 0.2) is 0 Å². The standard InChI is InChI=1S/C12H26N2OS/c1-5-15-10-12(4,8-13)14-6-7-16-11(2,3)9-14/h5-10,13H2,1-4H3. The second-order valence-electron chi connectivity index (χ2n) is 5.37. The summed E-state index contributed by atoms with van der Waals surface area (Å²) in [4.78, 5) is 2.50. The molecule has 0 spiro atoms. The molecular formula is C12H26N2OS. The quantitative estimate of drug-likeness (QED) is 0.799. The first-order valence-electron chi connectivity index (χ1n) is 6.10. The lowest BCUT2D eigenvalue weighted by Gasteiger charge is -2.47. The molecule has 1 heterocycles. The summed E-state index contributed by atoms with van der Waals surface area (Å²) in [6, 6.07) is 0. The average Bonchev–Trinajstić information content (AvgIpc) is 2.24. The second kappa shape index (κ2) is 5.71. The van der Waals surface area contributed by atoms with E-state index in [1.807, 2.05) is 6.92 Å². The Kier molecular flexibility index (Phi) is 5.10. The number of nitrogens with zero attached hydrogens (tertiary/aromatic N) is 1. The van der Waals surface area contributed by atoms with Crippen molar-refractivity contribution in [1.29, 1.82) is 0 Å². The van der Waals surface area contributed by atoms with Crippen molar-refractivity contribution in [3.05, 3.63) is 0 Å². The summed E-state index contributed by atoms with van der Waals surface area (Å²) in [5.74, 6) is 1.19. The maximum atomic E-state index is 5.94. The van der Waals surface area contributed by atoms with Crippen LogP contribution in [-0.2, 0) is 4.74 Å². The van der Waals surface area contributed by atoms with Crippen molar-refractivity contribution in [3.63, 3.8) is 0 Å². The van der Waals surface area contributed by atoms with Crippen LogP contribution < -0.4 is 5.73 Å². The zero-order valence-electron chi connectivity index (χ0n) is 11.1. The van der Waals surface area contributed by atoms with E-state index in [9.17, 15) is 0 Å². The molecule has 2 N–H and O–H groups in total. The summed E-state index contributed by atoms with van der Waals surface area (Å²) in [6.07, 6.45) is 0. The second-order valence-corrected chi connectivity index (χ2v) is 7.17. The highest BCUT2D eigenvalue weighted by Crippen LogP contribution is 2.32. The lowest BCUT2D eigenvalue weighted by Crippen LogP contribution is -2.60. The minimum absolute atomic E-state index is 0.00569. The summed E-state index contributed by atoms with van der Waals surface area (Å²) >= 11 is 2.05. The van der Waals surface area contributed by atoms with Gasteiger partial charge in [0.1, 0.15) is 0 Å². The Labute approximate surface area is 104 Å². The molecule has 1 saturated heterocycles. The summed E-state index contributed by atoms with van der Waals surface area (Å²) in [6.45, 7) is 13.2. The molecule has 1 aliphatic rings. The van der Waals surface area contributed by atoms with Gasteiger partial charge in [0.15, 0.2) is 0 Å². The van der Waals surface area contributed by atoms with Gasteiger partial charge in [0.2, 0.25) is 0 Å². The van der Waals surface area contributed by atoms with E-state index in [0.717, 1.165) is 26.3 Å². The average molecular weight is 246 g/mol. The van der Waals surface area contributed by atoms with Gasteiger partial charge in [-0.3, -0.25) is 4.90 Å². The fourth-order valence-electron chi connectivity index (χ4n) is 2.08. The first kappa shape index (κ1) is 14.3. The van der Waals surface area contributed by atoms with Crippen LogP contribution in [0.25, 0.3) is 0 Å². The van der Waals surface area contributed by atoms with Crippen molar-refractivity contribution in [3.8, 4) is 0 Å². The van der Waals surface area contributed by atoms with Crippen molar-refractivity contribution in [2.75, 3.05) is 38.6 Å². The number of hydrogen-bond acceptors (Lipinski definition) is 4. The molecule has 0 bridgehead atoms. The fraction of sp³-hybridized carbons (Fsp3) is 1.00. The molecule has 0 amide bonds. The smallest absolute Gasteiger partial charge is 0.0659 e. The predicted molar refractivity (Wildman–Crippen MR) is 72.1 cm³/mol. The SMILES string of the molecule is CCOCC(C)(CN)N1CCSC(C)(C)C1. The molecule has 0 aromatic rings. The highest BCUT2D eigenvalue weighted by atomic mass is 32.2. The van der Waals surface area contributed by atoms with Crippen LogP contribution in [0, 0.1) is 0 Å². The van der Waals surface area contributed by atoms with E-state index in [0.29, 0.717) is 11.3 Å². The normalized spacial score (nSPS) is 25.3.